The van der Waals surface area contributed by atoms with Crippen molar-refractivity contribution in [3.63, 3.8) is 0 Å². The average molecular weight is 291 g/mol. The van der Waals surface area contributed by atoms with Gasteiger partial charge in [0, 0.05) is 5.54 Å². The summed E-state index contributed by atoms with van der Waals surface area (Å²) >= 11 is 0.907. The molecule has 18 heavy (non-hydrogen) atoms. The Morgan fingerprint density at radius 3 is 2.44 bits per heavy atom. The van der Waals surface area contributed by atoms with Crippen LogP contribution < -0.4 is 4.72 Å². The summed E-state index contributed by atoms with van der Waals surface area (Å²) in [6.45, 7) is 5.58. The zero-order valence-electron chi connectivity index (χ0n) is 10.6. The Hall–Kier alpha value is -0.920. The minimum atomic E-state index is -3.79. The second-order valence-corrected chi connectivity index (χ2v) is 6.86. The van der Waals surface area contributed by atoms with Gasteiger partial charge in [-0.15, -0.1) is 11.3 Å². The molecule has 0 spiro atoms. The van der Waals surface area contributed by atoms with Crippen LogP contribution in [0.4, 0.5) is 0 Å². The minimum Gasteiger partial charge on any atom is -0.477 e. The van der Waals surface area contributed by atoms with E-state index in [1.54, 1.807) is 6.92 Å². The predicted octanol–water partition coefficient (Wildman–Crippen LogP) is 2.30. The fourth-order valence-corrected chi connectivity index (χ4v) is 4.25. The maximum Gasteiger partial charge on any atom is 0.347 e. The Bertz CT molecular complexity index is 529. The molecule has 0 bridgehead atoms. The van der Waals surface area contributed by atoms with Gasteiger partial charge in [-0.2, -0.15) is 0 Å². The maximum absolute atomic E-state index is 12.2. The Morgan fingerprint density at radius 1 is 1.44 bits per heavy atom. The SMILES string of the molecule is CCC(C)(CC)NS(=O)(=O)c1ccsc1C(=O)O. The van der Waals surface area contributed by atoms with Crippen LogP contribution in [0.1, 0.15) is 43.3 Å². The van der Waals surface area contributed by atoms with Gasteiger partial charge in [0.1, 0.15) is 9.77 Å². The molecule has 0 aliphatic rings. The molecule has 1 heterocycles. The van der Waals surface area contributed by atoms with Crippen molar-refractivity contribution in [2.75, 3.05) is 0 Å². The van der Waals surface area contributed by atoms with Gasteiger partial charge in [0.25, 0.3) is 0 Å². The number of hydrogen-bond acceptors (Lipinski definition) is 4. The third kappa shape index (κ3) is 3.09. The molecule has 7 heteroatoms. The van der Waals surface area contributed by atoms with Gasteiger partial charge in [0.15, 0.2) is 0 Å². The molecule has 0 saturated carbocycles. The topological polar surface area (TPSA) is 83.5 Å². The molecule has 1 aromatic rings. The van der Waals surface area contributed by atoms with Crippen LogP contribution >= 0.6 is 11.3 Å². The molecule has 0 amide bonds. The van der Waals surface area contributed by atoms with Crippen molar-refractivity contribution in [2.24, 2.45) is 0 Å². The fraction of sp³-hybridized carbons (Fsp3) is 0.545. The van der Waals surface area contributed by atoms with Crippen molar-refractivity contribution in [3.05, 3.63) is 16.3 Å². The van der Waals surface area contributed by atoms with E-state index < -0.39 is 21.5 Å². The first-order valence-electron chi connectivity index (χ1n) is 5.60. The lowest BCUT2D eigenvalue weighted by molar-refractivity contribution is 0.0698. The van der Waals surface area contributed by atoms with E-state index in [2.05, 4.69) is 4.72 Å². The highest BCUT2D eigenvalue weighted by Crippen LogP contribution is 2.25. The summed E-state index contributed by atoms with van der Waals surface area (Å²) in [5.41, 5.74) is -0.559. The Morgan fingerprint density at radius 2 is 2.00 bits per heavy atom. The summed E-state index contributed by atoms with van der Waals surface area (Å²) in [5.74, 6) is -1.22. The van der Waals surface area contributed by atoms with E-state index in [1.807, 2.05) is 13.8 Å². The van der Waals surface area contributed by atoms with Crippen LogP contribution in [0.25, 0.3) is 0 Å². The molecule has 1 rings (SSSR count). The summed E-state index contributed by atoms with van der Waals surface area (Å²) in [5, 5.41) is 10.4. The molecule has 0 atom stereocenters. The summed E-state index contributed by atoms with van der Waals surface area (Å²) < 4.78 is 27.0. The third-order valence-corrected chi connectivity index (χ3v) is 5.77. The summed E-state index contributed by atoms with van der Waals surface area (Å²) in [7, 11) is -3.79. The molecule has 2 N–H and O–H groups in total. The number of rotatable bonds is 6. The van der Waals surface area contributed by atoms with Crippen molar-refractivity contribution >= 4 is 27.3 Å². The highest BCUT2D eigenvalue weighted by molar-refractivity contribution is 7.89. The third-order valence-electron chi connectivity index (χ3n) is 3.05. The highest BCUT2D eigenvalue weighted by atomic mass is 32.2. The van der Waals surface area contributed by atoms with E-state index in [4.69, 9.17) is 5.11 Å². The standard InChI is InChI=1S/C11H17NO4S2/c1-4-11(3,5-2)12-18(15,16)8-6-7-17-9(8)10(13)14/h6-7,12H,4-5H2,1-3H3,(H,13,14). The smallest absolute Gasteiger partial charge is 0.347 e. The molecule has 1 aromatic heterocycles. The van der Waals surface area contributed by atoms with E-state index in [9.17, 15) is 13.2 Å². The molecule has 0 aromatic carbocycles. The lowest BCUT2D eigenvalue weighted by atomic mass is 9.98. The first-order chi connectivity index (χ1) is 8.25. The summed E-state index contributed by atoms with van der Waals surface area (Å²) in [6.07, 6.45) is 1.27. The molecule has 0 unspecified atom stereocenters. The van der Waals surface area contributed by atoms with Crippen molar-refractivity contribution in [2.45, 2.75) is 44.0 Å². The van der Waals surface area contributed by atoms with Crippen molar-refractivity contribution in [3.8, 4) is 0 Å². The van der Waals surface area contributed by atoms with Gasteiger partial charge in [-0.1, -0.05) is 13.8 Å². The average Bonchev–Trinajstić information content (AvgIpc) is 2.78. The number of nitrogens with one attached hydrogen (secondary N) is 1. The van der Waals surface area contributed by atoms with E-state index in [0.29, 0.717) is 12.8 Å². The number of sulfonamides is 1. The van der Waals surface area contributed by atoms with Crippen LogP contribution in [-0.2, 0) is 10.0 Å². The number of carboxylic acids is 1. The first-order valence-corrected chi connectivity index (χ1v) is 7.97. The normalized spacial score (nSPS) is 12.6. The van der Waals surface area contributed by atoms with Gasteiger partial charge >= 0.3 is 5.97 Å². The zero-order valence-corrected chi connectivity index (χ0v) is 12.2. The van der Waals surface area contributed by atoms with Crippen molar-refractivity contribution in [1.82, 2.24) is 4.72 Å². The van der Waals surface area contributed by atoms with Gasteiger partial charge in [0.05, 0.1) is 0 Å². The second kappa shape index (κ2) is 5.38. The lowest BCUT2D eigenvalue weighted by Gasteiger charge is -2.27. The largest absolute Gasteiger partial charge is 0.477 e. The second-order valence-electron chi connectivity index (χ2n) is 4.29. The molecule has 5 nitrogen and oxygen atoms in total. The monoisotopic (exact) mass is 291 g/mol. The number of hydrogen-bond donors (Lipinski definition) is 2. The maximum atomic E-state index is 12.2. The van der Waals surface area contributed by atoms with E-state index >= 15 is 0 Å². The highest BCUT2D eigenvalue weighted by Gasteiger charge is 2.30. The number of aromatic carboxylic acids is 1. The quantitative estimate of drug-likeness (QED) is 0.842. The lowest BCUT2D eigenvalue weighted by Crippen LogP contribution is -2.45. The van der Waals surface area contributed by atoms with Gasteiger partial charge in [0.2, 0.25) is 10.0 Å². The van der Waals surface area contributed by atoms with Crippen molar-refractivity contribution < 1.29 is 18.3 Å². The zero-order chi connectivity index (χ0) is 14.0. The predicted molar refractivity (Wildman–Crippen MR) is 70.6 cm³/mol. The molecule has 0 aliphatic heterocycles. The number of thiophene rings is 1. The van der Waals surface area contributed by atoms with Crippen LogP contribution in [0, 0.1) is 0 Å². The van der Waals surface area contributed by atoms with E-state index in [1.165, 1.54) is 11.4 Å². The Labute approximate surface area is 111 Å². The van der Waals surface area contributed by atoms with Crippen molar-refractivity contribution in [1.29, 1.82) is 0 Å². The first kappa shape index (κ1) is 15.1. The van der Waals surface area contributed by atoms with E-state index in [0.717, 1.165) is 11.3 Å². The summed E-state index contributed by atoms with van der Waals surface area (Å²) in [4.78, 5) is 10.6. The van der Waals surface area contributed by atoms with Gasteiger partial charge < -0.3 is 5.11 Å². The van der Waals surface area contributed by atoms with Gasteiger partial charge in [-0.05, 0) is 31.2 Å². The molecule has 0 radical (unpaired) electrons. The molecule has 0 saturated heterocycles. The molecular weight excluding hydrogens is 274 g/mol. The number of carboxylic acid groups (broad SMARTS) is 1. The van der Waals surface area contributed by atoms with Crippen LogP contribution in [0.2, 0.25) is 0 Å². The van der Waals surface area contributed by atoms with Gasteiger partial charge in [-0.25, -0.2) is 17.9 Å². The van der Waals surface area contributed by atoms with Crippen LogP contribution in [0.15, 0.2) is 16.3 Å². The molecule has 102 valence electrons. The van der Waals surface area contributed by atoms with Crippen LogP contribution in [0.5, 0.6) is 0 Å². The summed E-state index contributed by atoms with van der Waals surface area (Å²) in [6, 6.07) is 1.32. The molecule has 0 fully saturated rings. The Kier molecular flexibility index (Phi) is 4.52. The molecular formula is C11H17NO4S2. The van der Waals surface area contributed by atoms with Gasteiger partial charge in [-0.3, -0.25) is 0 Å². The fourth-order valence-electron chi connectivity index (χ4n) is 1.44. The minimum absolute atomic E-state index is 0.156. The van der Waals surface area contributed by atoms with Crippen LogP contribution in [-0.4, -0.2) is 25.0 Å². The molecule has 0 aliphatic carbocycles. The van der Waals surface area contributed by atoms with Crippen LogP contribution in [0.3, 0.4) is 0 Å². The number of carbonyl (C=O) groups is 1. The Balaban J connectivity index is 3.15. The van der Waals surface area contributed by atoms with E-state index in [-0.39, 0.29) is 9.77 Å².